The van der Waals surface area contributed by atoms with Gasteiger partial charge in [-0.3, -0.25) is 9.59 Å². The summed E-state index contributed by atoms with van der Waals surface area (Å²) in [5.74, 6) is -0.102. The average molecular weight is 457 g/mol. The van der Waals surface area contributed by atoms with Crippen molar-refractivity contribution in [2.24, 2.45) is 0 Å². The first-order chi connectivity index (χ1) is 16.5. The van der Waals surface area contributed by atoms with Gasteiger partial charge in [0.1, 0.15) is 6.04 Å². The van der Waals surface area contributed by atoms with Crippen LogP contribution in [0.3, 0.4) is 0 Å². The van der Waals surface area contributed by atoms with Crippen LogP contribution in [0.25, 0.3) is 0 Å². The third-order valence-corrected chi connectivity index (χ3v) is 6.04. The summed E-state index contributed by atoms with van der Waals surface area (Å²) in [7, 11) is 0. The molecule has 0 saturated carbocycles. The minimum atomic E-state index is -0.569. The Morgan fingerprint density at radius 2 is 1.38 bits per heavy atom. The zero-order valence-corrected chi connectivity index (χ0v) is 20.6. The molecule has 4 heteroatoms. The number of aryl methyl sites for hydroxylation is 3. The molecule has 0 aromatic heterocycles. The maximum atomic E-state index is 13.6. The third-order valence-electron chi connectivity index (χ3n) is 6.04. The molecule has 3 aromatic carbocycles. The van der Waals surface area contributed by atoms with E-state index >= 15 is 0 Å². The van der Waals surface area contributed by atoms with E-state index in [1.54, 1.807) is 4.90 Å². The molecule has 1 atom stereocenters. The topological polar surface area (TPSA) is 49.4 Å². The highest BCUT2D eigenvalue weighted by molar-refractivity contribution is 5.88. The van der Waals surface area contributed by atoms with Gasteiger partial charge in [-0.1, -0.05) is 96.9 Å². The Balaban J connectivity index is 1.87. The molecule has 0 radical (unpaired) electrons. The number of nitrogens with one attached hydrogen (secondary N) is 1. The van der Waals surface area contributed by atoms with Crippen molar-refractivity contribution in [3.63, 3.8) is 0 Å². The molecular formula is C30H36N2O2. The first-order valence-corrected chi connectivity index (χ1v) is 12.2. The zero-order valence-electron chi connectivity index (χ0n) is 20.6. The minimum Gasteiger partial charge on any atom is -0.354 e. The summed E-state index contributed by atoms with van der Waals surface area (Å²) in [6.45, 7) is 7.14. The van der Waals surface area contributed by atoms with E-state index in [-0.39, 0.29) is 11.8 Å². The Hall–Kier alpha value is -3.40. The van der Waals surface area contributed by atoms with Crippen molar-refractivity contribution < 1.29 is 9.59 Å². The molecule has 1 N–H and O–H groups in total. The fourth-order valence-electron chi connectivity index (χ4n) is 3.96. The van der Waals surface area contributed by atoms with Gasteiger partial charge in [0.15, 0.2) is 0 Å². The Morgan fingerprint density at radius 1 is 0.794 bits per heavy atom. The van der Waals surface area contributed by atoms with Crippen molar-refractivity contribution in [2.75, 3.05) is 6.54 Å². The minimum absolute atomic E-state index is 0.00581. The normalized spacial score (nSPS) is 11.6. The van der Waals surface area contributed by atoms with E-state index in [0.29, 0.717) is 32.4 Å². The molecule has 0 bridgehead atoms. The number of nitrogens with zero attached hydrogens (tertiary/aromatic N) is 1. The number of hydrogen-bond acceptors (Lipinski definition) is 2. The van der Waals surface area contributed by atoms with Crippen molar-refractivity contribution in [3.8, 4) is 0 Å². The monoisotopic (exact) mass is 456 g/mol. The van der Waals surface area contributed by atoms with Crippen LogP contribution in [-0.2, 0) is 29.0 Å². The van der Waals surface area contributed by atoms with Gasteiger partial charge in [0.05, 0.1) is 0 Å². The lowest BCUT2D eigenvalue weighted by Crippen LogP contribution is -2.50. The molecule has 0 heterocycles. The second-order valence-corrected chi connectivity index (χ2v) is 8.99. The van der Waals surface area contributed by atoms with Gasteiger partial charge in [0, 0.05) is 25.9 Å². The number of carbonyl (C=O) groups excluding carboxylic acids is 2. The first kappa shape index (κ1) is 25.2. The molecule has 0 unspecified atom stereocenters. The second kappa shape index (κ2) is 12.7. The van der Waals surface area contributed by atoms with Crippen LogP contribution in [0.1, 0.15) is 47.6 Å². The first-order valence-electron chi connectivity index (χ1n) is 12.2. The molecule has 34 heavy (non-hydrogen) atoms. The SMILES string of the molecule is CCCNC(=O)[C@H](Cc1ccccc1)N(Cc1ccc(C)cc1)C(=O)CCc1ccc(C)cc1. The largest absolute Gasteiger partial charge is 0.354 e. The molecular weight excluding hydrogens is 420 g/mol. The lowest BCUT2D eigenvalue weighted by atomic mass is 10.0. The molecule has 3 aromatic rings. The Morgan fingerprint density at radius 3 is 1.97 bits per heavy atom. The van der Waals surface area contributed by atoms with Crippen LogP contribution in [0.2, 0.25) is 0 Å². The molecule has 4 nitrogen and oxygen atoms in total. The van der Waals surface area contributed by atoms with Gasteiger partial charge in [0.2, 0.25) is 11.8 Å². The van der Waals surface area contributed by atoms with Crippen LogP contribution in [0, 0.1) is 13.8 Å². The summed E-state index contributed by atoms with van der Waals surface area (Å²) in [4.78, 5) is 28.7. The highest BCUT2D eigenvalue weighted by Gasteiger charge is 2.30. The van der Waals surface area contributed by atoms with Crippen LogP contribution in [-0.4, -0.2) is 29.3 Å². The number of hydrogen-bond donors (Lipinski definition) is 1. The number of benzene rings is 3. The highest BCUT2D eigenvalue weighted by Crippen LogP contribution is 2.17. The van der Waals surface area contributed by atoms with Crippen LogP contribution in [0.15, 0.2) is 78.9 Å². The number of rotatable bonds is 11. The molecule has 0 spiro atoms. The maximum absolute atomic E-state index is 13.6. The predicted molar refractivity (Wildman–Crippen MR) is 138 cm³/mol. The smallest absolute Gasteiger partial charge is 0.243 e. The standard InChI is InChI=1S/C30H36N2O2/c1-4-20-31-30(34)28(21-26-8-6-5-7-9-26)32(22-27-16-12-24(3)13-17-27)29(33)19-18-25-14-10-23(2)11-15-25/h5-17,28H,4,18-22H2,1-3H3,(H,31,34)/t28-/m0/s1. The summed E-state index contributed by atoms with van der Waals surface area (Å²) < 4.78 is 0. The van der Waals surface area contributed by atoms with Crippen molar-refractivity contribution in [1.29, 1.82) is 0 Å². The summed E-state index contributed by atoms with van der Waals surface area (Å²) >= 11 is 0. The fraction of sp³-hybridized carbons (Fsp3) is 0.333. The van der Waals surface area contributed by atoms with Gasteiger partial charge in [-0.2, -0.15) is 0 Å². The van der Waals surface area contributed by atoms with E-state index in [2.05, 4.69) is 36.5 Å². The van der Waals surface area contributed by atoms with Gasteiger partial charge in [-0.15, -0.1) is 0 Å². The van der Waals surface area contributed by atoms with Crippen molar-refractivity contribution in [1.82, 2.24) is 10.2 Å². The third kappa shape index (κ3) is 7.58. The van der Waals surface area contributed by atoms with Gasteiger partial charge < -0.3 is 10.2 Å². The summed E-state index contributed by atoms with van der Waals surface area (Å²) in [6, 6.07) is 25.8. The maximum Gasteiger partial charge on any atom is 0.243 e. The van der Waals surface area contributed by atoms with Crippen molar-refractivity contribution >= 4 is 11.8 Å². The van der Waals surface area contributed by atoms with Gasteiger partial charge in [-0.25, -0.2) is 0 Å². The van der Waals surface area contributed by atoms with Gasteiger partial charge >= 0.3 is 0 Å². The van der Waals surface area contributed by atoms with E-state index in [1.807, 2.05) is 68.4 Å². The quantitative estimate of drug-likeness (QED) is 0.420. The van der Waals surface area contributed by atoms with E-state index in [4.69, 9.17) is 0 Å². The molecule has 0 fully saturated rings. The lowest BCUT2D eigenvalue weighted by Gasteiger charge is -2.31. The second-order valence-electron chi connectivity index (χ2n) is 8.99. The molecule has 3 rings (SSSR count). The Kier molecular flexibility index (Phi) is 9.45. The van der Waals surface area contributed by atoms with E-state index in [1.165, 1.54) is 11.1 Å². The Bertz CT molecular complexity index is 1040. The van der Waals surface area contributed by atoms with Gasteiger partial charge in [0.25, 0.3) is 0 Å². The fourth-order valence-corrected chi connectivity index (χ4v) is 3.96. The molecule has 0 saturated heterocycles. The van der Waals surface area contributed by atoms with Crippen molar-refractivity contribution in [2.45, 2.75) is 59.0 Å². The predicted octanol–water partition coefficient (Wildman–Crippen LogP) is 5.40. The summed E-state index contributed by atoms with van der Waals surface area (Å²) in [5, 5.41) is 3.03. The molecule has 2 amide bonds. The van der Waals surface area contributed by atoms with Crippen LogP contribution in [0.4, 0.5) is 0 Å². The highest BCUT2D eigenvalue weighted by atomic mass is 16.2. The average Bonchev–Trinajstić information content (AvgIpc) is 2.86. The van der Waals surface area contributed by atoms with E-state index in [0.717, 1.165) is 23.1 Å². The van der Waals surface area contributed by atoms with E-state index < -0.39 is 6.04 Å². The molecule has 0 aliphatic rings. The Labute approximate surface area is 204 Å². The number of carbonyl (C=O) groups is 2. The van der Waals surface area contributed by atoms with Crippen LogP contribution in [0.5, 0.6) is 0 Å². The van der Waals surface area contributed by atoms with E-state index in [9.17, 15) is 9.59 Å². The number of amides is 2. The van der Waals surface area contributed by atoms with Crippen molar-refractivity contribution in [3.05, 3.63) is 107 Å². The van der Waals surface area contributed by atoms with Gasteiger partial charge in [-0.05, 0) is 43.4 Å². The molecule has 0 aliphatic carbocycles. The lowest BCUT2D eigenvalue weighted by molar-refractivity contribution is -0.141. The summed E-state index contributed by atoms with van der Waals surface area (Å²) in [6.07, 6.45) is 2.35. The zero-order chi connectivity index (χ0) is 24.3. The summed E-state index contributed by atoms with van der Waals surface area (Å²) in [5.41, 5.74) is 5.56. The van der Waals surface area contributed by atoms with Crippen LogP contribution < -0.4 is 5.32 Å². The molecule has 178 valence electrons. The van der Waals surface area contributed by atoms with Crippen LogP contribution >= 0.6 is 0 Å². The molecule has 0 aliphatic heterocycles.